The van der Waals surface area contributed by atoms with Gasteiger partial charge in [0.1, 0.15) is 16.5 Å². The fourth-order valence-corrected chi connectivity index (χ4v) is 3.42. The maximum Gasteiger partial charge on any atom is 0.263 e. The Labute approximate surface area is 156 Å². The van der Waals surface area contributed by atoms with Gasteiger partial charge in [-0.1, -0.05) is 23.5 Å². The summed E-state index contributed by atoms with van der Waals surface area (Å²) in [7, 11) is 3.18. The highest BCUT2D eigenvalue weighted by Crippen LogP contribution is 2.31. The lowest BCUT2D eigenvalue weighted by molar-refractivity contribution is 0.0985. The highest BCUT2D eigenvalue weighted by Gasteiger charge is 2.23. The van der Waals surface area contributed by atoms with Crippen molar-refractivity contribution in [2.75, 3.05) is 25.7 Å². The van der Waals surface area contributed by atoms with Crippen LogP contribution in [0, 0.1) is 0 Å². The Bertz CT molecular complexity index is 893. The molecule has 134 valence electrons. The summed E-state index contributed by atoms with van der Waals surface area (Å²) in [6.45, 7) is 2.38. The first-order valence-corrected chi connectivity index (χ1v) is 8.92. The summed E-state index contributed by atoms with van der Waals surface area (Å²) in [6.07, 6.45) is 0. The van der Waals surface area contributed by atoms with E-state index in [0.717, 1.165) is 16.3 Å². The minimum absolute atomic E-state index is 0.164. The Kier molecular flexibility index (Phi) is 5.48. The molecular formula is C19H19N3O3S. The Morgan fingerprint density at radius 1 is 1.04 bits per heavy atom. The fourth-order valence-electron chi connectivity index (χ4n) is 2.51. The van der Waals surface area contributed by atoms with Crippen LogP contribution in [0.5, 0.6) is 11.5 Å². The second kappa shape index (κ2) is 7.97. The molecule has 7 heteroatoms. The number of rotatable bonds is 6. The van der Waals surface area contributed by atoms with E-state index in [1.807, 2.05) is 43.3 Å². The number of methoxy groups -OCH3 is 2. The van der Waals surface area contributed by atoms with E-state index in [9.17, 15) is 4.79 Å². The molecule has 26 heavy (non-hydrogen) atoms. The molecule has 0 aliphatic rings. The molecule has 3 aromatic rings. The number of ether oxygens (including phenoxy) is 2. The van der Waals surface area contributed by atoms with Crippen molar-refractivity contribution in [3.8, 4) is 22.1 Å². The second-order valence-corrected chi connectivity index (χ2v) is 6.32. The third-order valence-electron chi connectivity index (χ3n) is 3.88. The normalized spacial score (nSPS) is 10.4. The van der Waals surface area contributed by atoms with Gasteiger partial charge in [-0.15, -0.1) is 10.2 Å². The number of hydrogen-bond donors (Lipinski definition) is 0. The zero-order valence-electron chi connectivity index (χ0n) is 14.8. The number of nitrogens with zero attached hydrogens (tertiary/aromatic N) is 3. The third kappa shape index (κ3) is 3.52. The number of carbonyl (C=O) groups is 1. The Morgan fingerprint density at radius 3 is 2.42 bits per heavy atom. The van der Waals surface area contributed by atoms with Crippen LogP contribution in [0.15, 0.2) is 48.5 Å². The zero-order chi connectivity index (χ0) is 18.5. The summed E-state index contributed by atoms with van der Waals surface area (Å²) in [4.78, 5) is 14.6. The van der Waals surface area contributed by atoms with Gasteiger partial charge in [-0.25, -0.2) is 0 Å². The van der Waals surface area contributed by atoms with Gasteiger partial charge in [0.05, 0.1) is 19.8 Å². The molecule has 2 aromatic carbocycles. The molecule has 0 aliphatic carbocycles. The van der Waals surface area contributed by atoms with Crippen molar-refractivity contribution in [1.82, 2.24) is 10.2 Å². The van der Waals surface area contributed by atoms with Gasteiger partial charge in [-0.2, -0.15) is 0 Å². The molecule has 0 N–H and O–H groups in total. The molecule has 0 fully saturated rings. The van der Waals surface area contributed by atoms with Gasteiger partial charge in [-0.05, 0) is 43.3 Å². The van der Waals surface area contributed by atoms with Crippen molar-refractivity contribution < 1.29 is 14.3 Å². The van der Waals surface area contributed by atoms with Crippen LogP contribution < -0.4 is 14.4 Å². The standard InChI is InChI=1S/C19H19N3O3S/c1-4-22(18(23)15-7-5-6-8-16(15)25-3)19-21-20-17(26-19)13-9-11-14(24-2)12-10-13/h5-12H,4H2,1-3H3. The SMILES string of the molecule is CCN(C(=O)c1ccccc1OC)c1nnc(-c2ccc(OC)cc2)s1. The molecule has 0 saturated heterocycles. The predicted molar refractivity (Wildman–Crippen MR) is 102 cm³/mol. The average Bonchev–Trinajstić information content (AvgIpc) is 3.18. The maximum absolute atomic E-state index is 13.0. The maximum atomic E-state index is 13.0. The average molecular weight is 369 g/mol. The van der Waals surface area contributed by atoms with Crippen LogP contribution in [0.4, 0.5) is 5.13 Å². The third-order valence-corrected chi connectivity index (χ3v) is 4.88. The van der Waals surface area contributed by atoms with Gasteiger partial charge in [0, 0.05) is 12.1 Å². The minimum atomic E-state index is -0.164. The predicted octanol–water partition coefficient (Wildman–Crippen LogP) is 3.89. The van der Waals surface area contributed by atoms with Gasteiger partial charge >= 0.3 is 0 Å². The molecule has 0 aliphatic heterocycles. The van der Waals surface area contributed by atoms with E-state index in [2.05, 4.69) is 10.2 Å². The van der Waals surface area contributed by atoms with Crippen LogP contribution in [-0.2, 0) is 0 Å². The van der Waals surface area contributed by atoms with E-state index < -0.39 is 0 Å². The van der Waals surface area contributed by atoms with Gasteiger partial charge in [-0.3, -0.25) is 9.69 Å². The molecule has 1 heterocycles. The highest BCUT2D eigenvalue weighted by molar-refractivity contribution is 7.18. The summed E-state index contributed by atoms with van der Waals surface area (Å²) < 4.78 is 10.5. The van der Waals surface area contributed by atoms with Gasteiger partial charge < -0.3 is 9.47 Å². The van der Waals surface area contributed by atoms with Crippen LogP contribution in [0.25, 0.3) is 10.6 Å². The first kappa shape index (κ1) is 17.9. The minimum Gasteiger partial charge on any atom is -0.497 e. The lowest BCUT2D eigenvalue weighted by Gasteiger charge is -2.18. The molecule has 0 radical (unpaired) electrons. The first-order chi connectivity index (χ1) is 12.7. The fraction of sp³-hybridized carbons (Fsp3) is 0.211. The summed E-state index contributed by atoms with van der Waals surface area (Å²) >= 11 is 1.37. The van der Waals surface area contributed by atoms with Crippen LogP contribution in [0.2, 0.25) is 0 Å². The molecular weight excluding hydrogens is 350 g/mol. The van der Waals surface area contributed by atoms with Crippen molar-refractivity contribution >= 4 is 22.4 Å². The highest BCUT2D eigenvalue weighted by atomic mass is 32.1. The molecule has 0 bridgehead atoms. The molecule has 0 saturated carbocycles. The van der Waals surface area contributed by atoms with Gasteiger partial charge in [0.15, 0.2) is 0 Å². The van der Waals surface area contributed by atoms with E-state index in [4.69, 9.17) is 9.47 Å². The molecule has 0 unspecified atom stereocenters. The van der Waals surface area contributed by atoms with Crippen molar-refractivity contribution in [2.24, 2.45) is 0 Å². The van der Waals surface area contributed by atoms with Gasteiger partial charge in [0.25, 0.3) is 5.91 Å². The zero-order valence-corrected chi connectivity index (χ0v) is 15.6. The van der Waals surface area contributed by atoms with Crippen LogP contribution >= 0.6 is 11.3 Å². The van der Waals surface area contributed by atoms with Crippen LogP contribution in [0.1, 0.15) is 17.3 Å². The van der Waals surface area contributed by atoms with E-state index >= 15 is 0 Å². The smallest absolute Gasteiger partial charge is 0.263 e. The summed E-state index contributed by atoms with van der Waals surface area (Å²) in [5.41, 5.74) is 1.42. The number of benzene rings is 2. The van der Waals surface area contributed by atoms with E-state index in [-0.39, 0.29) is 5.91 Å². The molecule has 3 rings (SSSR count). The number of aromatic nitrogens is 2. The first-order valence-electron chi connectivity index (χ1n) is 8.10. The van der Waals surface area contributed by atoms with Crippen molar-refractivity contribution in [2.45, 2.75) is 6.92 Å². The molecule has 0 atom stereocenters. The van der Waals surface area contributed by atoms with E-state index in [1.165, 1.54) is 11.3 Å². The van der Waals surface area contributed by atoms with Crippen LogP contribution in [0.3, 0.4) is 0 Å². The summed E-state index contributed by atoms with van der Waals surface area (Å²) in [5, 5.41) is 9.74. The summed E-state index contributed by atoms with van der Waals surface area (Å²) in [5.74, 6) is 1.15. The second-order valence-electron chi connectivity index (χ2n) is 5.37. The number of amides is 1. The molecule has 0 spiro atoms. The Morgan fingerprint density at radius 2 is 1.77 bits per heavy atom. The molecule has 6 nitrogen and oxygen atoms in total. The van der Waals surface area contributed by atoms with Crippen molar-refractivity contribution in [3.05, 3.63) is 54.1 Å². The number of hydrogen-bond acceptors (Lipinski definition) is 6. The lowest BCUT2D eigenvalue weighted by atomic mass is 10.2. The van der Waals surface area contributed by atoms with Gasteiger partial charge in [0.2, 0.25) is 5.13 Å². The Balaban J connectivity index is 1.89. The summed E-state index contributed by atoms with van der Waals surface area (Å²) in [6, 6.07) is 14.7. The van der Waals surface area contributed by atoms with Crippen molar-refractivity contribution in [1.29, 1.82) is 0 Å². The number of carbonyl (C=O) groups excluding carboxylic acids is 1. The topological polar surface area (TPSA) is 64.6 Å². The van der Waals surface area contributed by atoms with Crippen LogP contribution in [-0.4, -0.2) is 36.9 Å². The van der Waals surface area contributed by atoms with Crippen molar-refractivity contribution in [3.63, 3.8) is 0 Å². The monoisotopic (exact) mass is 369 g/mol. The van der Waals surface area contributed by atoms with E-state index in [1.54, 1.807) is 31.3 Å². The number of para-hydroxylation sites is 1. The quantitative estimate of drug-likeness (QED) is 0.660. The molecule has 1 aromatic heterocycles. The largest absolute Gasteiger partial charge is 0.497 e. The number of anilines is 1. The Hall–Kier alpha value is -2.93. The lowest BCUT2D eigenvalue weighted by Crippen LogP contribution is -2.30. The van der Waals surface area contributed by atoms with E-state index in [0.29, 0.717) is 23.0 Å². The molecule has 1 amide bonds.